The number of aromatic nitrogens is 2. The van der Waals surface area contributed by atoms with Gasteiger partial charge in [0, 0.05) is 18.9 Å². The van der Waals surface area contributed by atoms with Gasteiger partial charge in [0.15, 0.2) is 5.03 Å². The van der Waals surface area contributed by atoms with Gasteiger partial charge in [0.05, 0.1) is 37.6 Å². The van der Waals surface area contributed by atoms with Gasteiger partial charge >= 0.3 is 0 Å². The maximum absolute atomic E-state index is 12.4. The molecule has 1 fully saturated rings. The topological polar surface area (TPSA) is 123 Å². The van der Waals surface area contributed by atoms with Crippen LogP contribution >= 0.6 is 0 Å². The number of nitrogens with one attached hydrogen (secondary N) is 2. The van der Waals surface area contributed by atoms with E-state index in [-0.39, 0.29) is 24.0 Å². The van der Waals surface area contributed by atoms with E-state index in [0.29, 0.717) is 18.5 Å². The lowest BCUT2D eigenvalue weighted by Gasteiger charge is -2.35. The molecular weight excluding hydrogens is 384 g/mol. The van der Waals surface area contributed by atoms with E-state index in [1.165, 1.54) is 17.1 Å². The number of imidazole rings is 1. The van der Waals surface area contributed by atoms with Gasteiger partial charge in [0.1, 0.15) is 0 Å². The number of carbonyl (C=O) groups is 1. The Morgan fingerprint density at radius 2 is 2.07 bits per heavy atom. The summed E-state index contributed by atoms with van der Waals surface area (Å²) in [7, 11) is -2.14. The summed E-state index contributed by atoms with van der Waals surface area (Å²) in [5, 5.41) is 12.3. The lowest BCUT2D eigenvalue weighted by atomic mass is 9.98. The zero-order valence-electron chi connectivity index (χ0n) is 15.5. The molecular formula is C18H24N4O5S. The number of ether oxygens (including phenoxy) is 1. The van der Waals surface area contributed by atoms with E-state index in [1.807, 2.05) is 18.2 Å². The molecule has 9 nitrogen and oxygen atoms in total. The third kappa shape index (κ3) is 5.16. The van der Waals surface area contributed by atoms with Crippen molar-refractivity contribution in [2.24, 2.45) is 7.05 Å². The van der Waals surface area contributed by atoms with Crippen molar-refractivity contribution >= 4 is 21.6 Å². The van der Waals surface area contributed by atoms with E-state index in [9.17, 15) is 18.3 Å². The van der Waals surface area contributed by atoms with Crippen LogP contribution in [0.2, 0.25) is 0 Å². The van der Waals surface area contributed by atoms with Gasteiger partial charge in [0.25, 0.3) is 10.0 Å². The Morgan fingerprint density at radius 3 is 2.71 bits per heavy atom. The molecule has 0 aliphatic carbocycles. The number of hydrogen-bond acceptors (Lipinski definition) is 6. The summed E-state index contributed by atoms with van der Waals surface area (Å²) in [6.45, 7) is -0.355. The second-order valence-electron chi connectivity index (χ2n) is 6.78. The highest BCUT2D eigenvalue weighted by Crippen LogP contribution is 2.23. The molecule has 3 N–H and O–H groups in total. The Labute approximate surface area is 163 Å². The van der Waals surface area contributed by atoms with Crippen LogP contribution in [0.1, 0.15) is 19.3 Å². The number of hydrogen-bond donors (Lipinski definition) is 3. The fraction of sp³-hybridized carbons (Fsp3) is 0.444. The van der Waals surface area contributed by atoms with Crippen LogP contribution in [0.15, 0.2) is 47.9 Å². The molecule has 1 aromatic carbocycles. The van der Waals surface area contributed by atoms with E-state index in [1.54, 1.807) is 19.2 Å². The normalized spacial score (nSPS) is 22.7. The molecule has 1 aromatic heterocycles. The maximum Gasteiger partial charge on any atom is 0.259 e. The van der Waals surface area contributed by atoms with E-state index in [0.717, 1.165) is 0 Å². The smallest absolute Gasteiger partial charge is 0.259 e. The van der Waals surface area contributed by atoms with Crippen molar-refractivity contribution in [3.8, 4) is 0 Å². The second-order valence-corrected chi connectivity index (χ2v) is 8.44. The molecule has 152 valence electrons. The summed E-state index contributed by atoms with van der Waals surface area (Å²) in [4.78, 5) is 16.1. The molecule has 1 saturated heterocycles. The standard InChI is InChI=1S/C18H24N4O5S/c1-22-10-18(19-12-22)28(25,26)21-15-8-7-14(27-16(15)11-23)9-17(24)20-13-5-3-2-4-6-13/h2-6,10,12,14-16,21,23H,7-9,11H2,1H3,(H,20,24)/t14-,15+,16-/m0/s1. The van der Waals surface area contributed by atoms with Crippen LogP contribution in [0.4, 0.5) is 5.69 Å². The van der Waals surface area contributed by atoms with Gasteiger partial charge < -0.3 is 19.7 Å². The first-order valence-corrected chi connectivity index (χ1v) is 10.5. The van der Waals surface area contributed by atoms with Crippen LogP contribution in [0, 0.1) is 0 Å². The minimum absolute atomic E-state index is 0.0870. The largest absolute Gasteiger partial charge is 0.394 e. The van der Waals surface area contributed by atoms with Crippen LogP contribution in [0.3, 0.4) is 0 Å². The summed E-state index contributed by atoms with van der Waals surface area (Å²) in [6.07, 6.45) is 2.74. The highest BCUT2D eigenvalue weighted by molar-refractivity contribution is 7.89. The van der Waals surface area contributed by atoms with Gasteiger partial charge in [-0.25, -0.2) is 18.1 Å². The average molecular weight is 408 g/mol. The van der Waals surface area contributed by atoms with Crippen molar-refractivity contribution < 1.29 is 23.1 Å². The molecule has 3 rings (SSSR count). The highest BCUT2D eigenvalue weighted by Gasteiger charge is 2.35. The zero-order chi connectivity index (χ0) is 20.1. The minimum atomic E-state index is -3.82. The summed E-state index contributed by atoms with van der Waals surface area (Å²) in [5.74, 6) is -0.194. The molecule has 3 atom stereocenters. The number of sulfonamides is 1. The molecule has 0 unspecified atom stereocenters. The third-order valence-corrected chi connectivity index (χ3v) is 5.90. The number of anilines is 1. The van der Waals surface area contributed by atoms with Crippen molar-refractivity contribution in [1.82, 2.24) is 14.3 Å². The van der Waals surface area contributed by atoms with E-state index >= 15 is 0 Å². The number of amides is 1. The molecule has 1 amide bonds. The van der Waals surface area contributed by atoms with E-state index in [4.69, 9.17) is 4.74 Å². The molecule has 2 aromatic rings. The van der Waals surface area contributed by atoms with Gasteiger partial charge in [-0.3, -0.25) is 4.79 Å². The molecule has 0 spiro atoms. The summed E-state index contributed by atoms with van der Waals surface area (Å²) in [6, 6.07) is 8.50. The first-order valence-electron chi connectivity index (χ1n) is 8.99. The van der Waals surface area contributed by atoms with Gasteiger partial charge in [0.2, 0.25) is 5.91 Å². The number of carbonyl (C=O) groups excluding carboxylic acids is 1. The number of rotatable bonds is 7. The van der Waals surface area contributed by atoms with Gasteiger partial charge in [-0.15, -0.1) is 0 Å². The van der Waals surface area contributed by atoms with Crippen LogP contribution < -0.4 is 10.0 Å². The molecule has 10 heteroatoms. The van der Waals surface area contributed by atoms with Crippen LogP contribution in [-0.2, 0) is 26.6 Å². The fourth-order valence-electron chi connectivity index (χ4n) is 3.14. The first kappa shape index (κ1) is 20.5. The minimum Gasteiger partial charge on any atom is -0.394 e. The molecule has 2 heterocycles. The van der Waals surface area contributed by atoms with E-state index in [2.05, 4.69) is 15.0 Å². The van der Waals surface area contributed by atoms with Crippen molar-refractivity contribution in [1.29, 1.82) is 0 Å². The highest BCUT2D eigenvalue weighted by atomic mass is 32.2. The Bertz CT molecular complexity index is 900. The number of aliphatic hydroxyl groups excluding tert-OH is 1. The molecule has 1 aliphatic heterocycles. The maximum atomic E-state index is 12.4. The van der Waals surface area contributed by atoms with Gasteiger partial charge in [-0.2, -0.15) is 0 Å². The molecule has 28 heavy (non-hydrogen) atoms. The molecule has 0 saturated carbocycles. The number of benzene rings is 1. The zero-order valence-corrected chi connectivity index (χ0v) is 16.3. The molecule has 0 bridgehead atoms. The van der Waals surface area contributed by atoms with Gasteiger partial charge in [-0.1, -0.05) is 18.2 Å². The SMILES string of the molecule is Cn1cnc(S(=O)(=O)N[C@@H]2CC[C@@H](CC(=O)Nc3ccccc3)O[C@H]2CO)c1. The summed E-state index contributed by atoms with van der Waals surface area (Å²) in [5.41, 5.74) is 0.697. The number of aliphatic hydroxyl groups is 1. The Morgan fingerprint density at radius 1 is 1.32 bits per heavy atom. The molecule has 0 radical (unpaired) electrons. The Kier molecular flexibility index (Phi) is 6.45. The van der Waals surface area contributed by atoms with Crippen molar-refractivity contribution in [3.05, 3.63) is 42.9 Å². The predicted molar refractivity (Wildman–Crippen MR) is 102 cm³/mol. The lowest BCUT2D eigenvalue weighted by Crippen LogP contribution is -2.51. The predicted octanol–water partition coefficient (Wildman–Crippen LogP) is 0.636. The summed E-state index contributed by atoms with van der Waals surface area (Å²) < 4.78 is 34.8. The average Bonchev–Trinajstić information content (AvgIpc) is 3.11. The fourth-order valence-corrected chi connectivity index (χ4v) is 4.42. The second kappa shape index (κ2) is 8.82. The van der Waals surface area contributed by atoms with Crippen molar-refractivity contribution in [2.45, 2.75) is 42.5 Å². The van der Waals surface area contributed by atoms with E-state index < -0.39 is 28.3 Å². The number of nitrogens with zero attached hydrogens (tertiary/aromatic N) is 2. The van der Waals surface area contributed by atoms with Crippen LogP contribution in [0.5, 0.6) is 0 Å². The van der Waals surface area contributed by atoms with Crippen molar-refractivity contribution in [2.75, 3.05) is 11.9 Å². The quantitative estimate of drug-likeness (QED) is 0.618. The first-order chi connectivity index (χ1) is 13.4. The number of aryl methyl sites for hydroxylation is 1. The van der Waals surface area contributed by atoms with Gasteiger partial charge in [-0.05, 0) is 25.0 Å². The summed E-state index contributed by atoms with van der Waals surface area (Å²) >= 11 is 0. The Balaban J connectivity index is 1.56. The lowest BCUT2D eigenvalue weighted by molar-refractivity contribution is -0.126. The number of para-hydroxylation sites is 1. The third-order valence-electron chi connectivity index (χ3n) is 4.53. The van der Waals surface area contributed by atoms with Crippen molar-refractivity contribution in [3.63, 3.8) is 0 Å². The van der Waals surface area contributed by atoms with Crippen LogP contribution in [-0.4, -0.2) is 53.8 Å². The monoisotopic (exact) mass is 408 g/mol. The molecule has 1 aliphatic rings. The Hall–Kier alpha value is -2.27. The van der Waals surface area contributed by atoms with Crippen LogP contribution in [0.25, 0.3) is 0 Å².